The fraction of sp³-hybridized carbons (Fsp3) is 0.213. The summed E-state index contributed by atoms with van der Waals surface area (Å²) in [4.78, 5) is 33.9. The van der Waals surface area contributed by atoms with Crippen LogP contribution in [0.25, 0.3) is 18.2 Å². The predicted octanol–water partition coefficient (Wildman–Crippen LogP) is 15.5. The van der Waals surface area contributed by atoms with Crippen LogP contribution >= 0.6 is 0 Å². The molecule has 0 aliphatic carbocycles. The number of carbonyl (C=O) groups excluding carboxylic acids is 2. The summed E-state index contributed by atoms with van der Waals surface area (Å²) in [5.41, 5.74) is 6.72. The molecule has 86 heavy (non-hydrogen) atoms. The third kappa shape index (κ3) is 19.5. The fourth-order valence-electron chi connectivity index (χ4n) is 8.06. The van der Waals surface area contributed by atoms with Crippen molar-refractivity contribution < 1.29 is 72.3 Å². The second-order valence-corrected chi connectivity index (χ2v) is 18.8. The lowest BCUT2D eigenvalue weighted by atomic mass is 9.99. The number of rotatable bonds is 14. The molecule has 454 valence electrons. The Bertz CT molecular complexity index is 3560. The lowest BCUT2D eigenvalue weighted by molar-refractivity contribution is -0.139. The van der Waals surface area contributed by atoms with Crippen molar-refractivity contribution in [3.05, 3.63) is 233 Å². The number of hydrogen-bond acceptors (Lipinski definition) is 10. The largest absolute Gasteiger partial charge is 0.478 e. The van der Waals surface area contributed by atoms with E-state index in [9.17, 15) is 53.9 Å². The van der Waals surface area contributed by atoms with Crippen molar-refractivity contribution in [2.75, 3.05) is 16.4 Å². The molecule has 0 aliphatic rings. The average Bonchev–Trinajstić information content (AvgIpc) is 1.58. The summed E-state index contributed by atoms with van der Waals surface area (Å²) in [6.07, 6.45) is 7.86. The molecule has 2 amide bonds. The molecule has 16 nitrogen and oxygen atoms in total. The number of aryl methyl sites for hydroxylation is 3. The van der Waals surface area contributed by atoms with Crippen LogP contribution in [0.2, 0.25) is 0 Å². The Morgan fingerprint density at radius 2 is 0.826 bits per heavy atom. The Balaban J connectivity index is 0.000000220. The number of nitrogens with one attached hydrogen (secondary N) is 2. The third-order valence-corrected chi connectivity index (χ3v) is 12.3. The molecule has 0 saturated heterocycles. The van der Waals surface area contributed by atoms with Crippen LogP contribution in [0.1, 0.15) is 114 Å². The maximum atomic E-state index is 13.4. The predicted molar refractivity (Wildman–Crippen MR) is 306 cm³/mol. The minimum Gasteiger partial charge on any atom is -0.478 e. The molecule has 0 aliphatic heterocycles. The van der Waals surface area contributed by atoms with Gasteiger partial charge in [0, 0.05) is 36.8 Å². The number of alkyl halides is 9. The minimum atomic E-state index is -4.46. The highest BCUT2D eigenvalue weighted by Crippen LogP contribution is 2.39. The Labute approximate surface area is 487 Å². The minimum absolute atomic E-state index is 0. The number of nitrogen functional groups attached to an aromatic ring is 1. The summed E-state index contributed by atoms with van der Waals surface area (Å²) in [6, 6.07) is 21.0. The number of carboxylic acids is 1. The van der Waals surface area contributed by atoms with E-state index in [0.717, 1.165) is 24.3 Å². The SMILES string of the molecule is C.Cc1ccc(C(C)n2cc(N)cn2)c(C(F)(F)F)c1.Cc1ccc([C@@H](C)n2cc(NC(=O)/C=C/c3ccco3)cn2)c(C(F)(F)F)c1.Cc1ccc([C@H](C)n2cc(NC(=O)/C=C/c3ccco3)cn2)c(C(F)(F)F)c1.O=C(O)/C=C/c1ccco1. The summed E-state index contributed by atoms with van der Waals surface area (Å²) in [5, 5.41) is 25.6. The molecule has 6 aromatic heterocycles. The first kappa shape index (κ1) is 66.7. The summed E-state index contributed by atoms with van der Waals surface area (Å²) in [7, 11) is 0. The molecule has 0 fully saturated rings. The molecule has 5 N–H and O–H groups in total. The summed E-state index contributed by atoms with van der Waals surface area (Å²) in [6.45, 7) is 9.76. The van der Waals surface area contributed by atoms with Crippen LogP contribution < -0.4 is 16.4 Å². The quantitative estimate of drug-likeness (QED) is 0.0593. The molecule has 9 rings (SSSR count). The van der Waals surface area contributed by atoms with E-state index in [-0.39, 0.29) is 24.1 Å². The highest BCUT2D eigenvalue weighted by Gasteiger charge is 2.37. The first-order valence-corrected chi connectivity index (χ1v) is 25.5. The Kier molecular flexibility index (Phi) is 22.8. The first-order valence-electron chi connectivity index (χ1n) is 25.5. The van der Waals surface area contributed by atoms with Gasteiger partial charge in [-0.3, -0.25) is 23.6 Å². The van der Waals surface area contributed by atoms with Gasteiger partial charge in [-0.15, -0.1) is 0 Å². The molecular formula is C61H60F9N9O7. The molecule has 0 bridgehead atoms. The van der Waals surface area contributed by atoms with Crippen LogP contribution in [-0.2, 0) is 32.9 Å². The molecule has 0 saturated carbocycles. The number of nitrogens with two attached hydrogens (primary N) is 1. The van der Waals surface area contributed by atoms with Crippen LogP contribution in [0.15, 0.2) is 178 Å². The zero-order chi connectivity index (χ0) is 62.2. The molecule has 0 spiro atoms. The van der Waals surface area contributed by atoms with Gasteiger partial charge in [0.2, 0.25) is 11.8 Å². The van der Waals surface area contributed by atoms with Gasteiger partial charge in [0.05, 0.1) is 89.3 Å². The number of nitrogens with zero attached hydrogens (tertiary/aromatic N) is 6. The van der Waals surface area contributed by atoms with Crippen molar-refractivity contribution >= 4 is 53.1 Å². The van der Waals surface area contributed by atoms with E-state index in [4.69, 9.17) is 24.1 Å². The second kappa shape index (κ2) is 29.4. The van der Waals surface area contributed by atoms with Crippen molar-refractivity contribution in [2.24, 2.45) is 0 Å². The van der Waals surface area contributed by atoms with Crippen LogP contribution in [0.4, 0.5) is 56.6 Å². The summed E-state index contributed by atoms with van der Waals surface area (Å²) in [5.74, 6) is -0.194. The zero-order valence-corrected chi connectivity index (χ0v) is 46.1. The maximum absolute atomic E-state index is 13.4. The third-order valence-electron chi connectivity index (χ3n) is 12.3. The number of furan rings is 3. The first-order chi connectivity index (χ1) is 40.0. The van der Waals surface area contributed by atoms with Crippen LogP contribution in [0.5, 0.6) is 0 Å². The van der Waals surface area contributed by atoms with Gasteiger partial charge in [0.15, 0.2) is 0 Å². The average molecular weight is 1200 g/mol. The molecule has 3 atom stereocenters. The van der Waals surface area contributed by atoms with Crippen molar-refractivity contribution in [2.45, 2.75) is 85.6 Å². The van der Waals surface area contributed by atoms with E-state index >= 15 is 0 Å². The number of amides is 2. The van der Waals surface area contributed by atoms with Gasteiger partial charge in [-0.25, -0.2) is 4.79 Å². The normalized spacial score (nSPS) is 12.7. The van der Waals surface area contributed by atoms with E-state index in [0.29, 0.717) is 51.0 Å². The van der Waals surface area contributed by atoms with E-state index in [1.807, 2.05) is 0 Å². The molecule has 0 radical (unpaired) electrons. The number of carboxylic acid groups (broad SMARTS) is 1. The number of aliphatic carboxylic acids is 1. The monoisotopic (exact) mass is 1200 g/mol. The van der Waals surface area contributed by atoms with Gasteiger partial charge < -0.3 is 34.7 Å². The highest BCUT2D eigenvalue weighted by atomic mass is 19.4. The Hall–Kier alpha value is -10.1. The maximum Gasteiger partial charge on any atom is 0.416 e. The summed E-state index contributed by atoms with van der Waals surface area (Å²) >= 11 is 0. The number of carbonyl (C=O) groups is 3. The van der Waals surface area contributed by atoms with Gasteiger partial charge in [0.1, 0.15) is 17.3 Å². The molecule has 9 aromatic rings. The van der Waals surface area contributed by atoms with Crippen molar-refractivity contribution in [3.63, 3.8) is 0 Å². The topological polar surface area (TPSA) is 214 Å². The van der Waals surface area contributed by atoms with Crippen LogP contribution in [0.3, 0.4) is 0 Å². The molecule has 1 unspecified atom stereocenters. The number of benzene rings is 3. The van der Waals surface area contributed by atoms with Gasteiger partial charge in [0.25, 0.3) is 0 Å². The lowest BCUT2D eigenvalue weighted by Gasteiger charge is -2.19. The lowest BCUT2D eigenvalue weighted by Crippen LogP contribution is -2.16. The molecule has 25 heteroatoms. The van der Waals surface area contributed by atoms with Crippen LogP contribution in [0, 0.1) is 20.8 Å². The van der Waals surface area contributed by atoms with Crippen LogP contribution in [-0.4, -0.2) is 52.2 Å². The van der Waals surface area contributed by atoms with E-state index in [1.165, 1.54) is 119 Å². The van der Waals surface area contributed by atoms with E-state index < -0.39 is 71.1 Å². The second-order valence-electron chi connectivity index (χ2n) is 18.8. The standard InChI is InChI=1S/2C20H18F3N3O2.C13H14F3N3.C7H6O3.CH4/c2*1-13-5-7-17(18(10-13)20(21,22)23)14(2)26-12-15(11-24-26)25-19(27)8-6-16-4-3-9-28-16;1-8-3-4-11(12(5-8)13(14,15)16)9(2)19-7-10(17)6-18-19;8-7(9)4-3-6-2-1-5-10-6;/h2*3-12,14H,1-2H3,(H,25,27);3-7,9H,17H2,1-2H3;1-5H,(H,8,9);1H4/b2*8-6+;;4-3+;/t2*14-;;;/m10.../s1. The van der Waals surface area contributed by atoms with Gasteiger partial charge in [-0.1, -0.05) is 60.5 Å². The molecular weight excluding hydrogens is 1140 g/mol. The zero-order valence-electron chi connectivity index (χ0n) is 46.1. The van der Waals surface area contributed by atoms with E-state index in [1.54, 1.807) is 96.1 Å². The fourth-order valence-corrected chi connectivity index (χ4v) is 8.06. The molecule has 3 aromatic carbocycles. The number of aromatic nitrogens is 6. The van der Waals surface area contributed by atoms with Crippen molar-refractivity contribution in [3.8, 4) is 0 Å². The Morgan fingerprint density at radius 1 is 0.512 bits per heavy atom. The Morgan fingerprint density at radius 3 is 1.10 bits per heavy atom. The number of hydrogen-bond donors (Lipinski definition) is 4. The van der Waals surface area contributed by atoms with Gasteiger partial charge >= 0.3 is 24.5 Å². The van der Waals surface area contributed by atoms with Gasteiger partial charge in [-0.05, 0) is 131 Å². The van der Waals surface area contributed by atoms with Crippen molar-refractivity contribution in [1.82, 2.24) is 29.3 Å². The summed E-state index contributed by atoms with van der Waals surface area (Å²) < 4.78 is 139. The van der Waals surface area contributed by atoms with Gasteiger partial charge in [-0.2, -0.15) is 54.8 Å². The van der Waals surface area contributed by atoms with Crippen molar-refractivity contribution in [1.29, 1.82) is 0 Å². The smallest absolute Gasteiger partial charge is 0.416 e. The number of anilines is 3. The number of halogens is 9. The highest BCUT2D eigenvalue weighted by molar-refractivity contribution is 6.02. The van der Waals surface area contributed by atoms with E-state index in [2.05, 4.69) is 25.9 Å². The molecule has 6 heterocycles.